The molecular formula is C16H32N2O. The van der Waals surface area contributed by atoms with E-state index in [0.29, 0.717) is 11.9 Å². The van der Waals surface area contributed by atoms with Crippen molar-refractivity contribution >= 4 is 5.91 Å². The smallest absolute Gasteiger partial charge is 0.222 e. The van der Waals surface area contributed by atoms with E-state index in [-0.39, 0.29) is 0 Å². The quantitative estimate of drug-likeness (QED) is 0.651. The first kappa shape index (κ1) is 16.5. The van der Waals surface area contributed by atoms with E-state index >= 15 is 0 Å². The van der Waals surface area contributed by atoms with Gasteiger partial charge in [0, 0.05) is 25.6 Å². The van der Waals surface area contributed by atoms with Crippen LogP contribution in [0.3, 0.4) is 0 Å². The summed E-state index contributed by atoms with van der Waals surface area (Å²) in [6.07, 6.45) is 13.0. The normalized spacial score (nSPS) is 16.8. The number of nitrogens with two attached hydrogens (primary N) is 1. The first-order chi connectivity index (χ1) is 9.24. The Hall–Kier alpha value is -0.570. The molecule has 1 fully saturated rings. The van der Waals surface area contributed by atoms with E-state index in [4.69, 9.17) is 5.73 Å². The fraction of sp³-hybridized carbons (Fsp3) is 0.938. The highest BCUT2D eigenvalue weighted by Crippen LogP contribution is 2.13. The van der Waals surface area contributed by atoms with Gasteiger partial charge in [-0.15, -0.1) is 0 Å². The van der Waals surface area contributed by atoms with Crippen molar-refractivity contribution in [1.29, 1.82) is 0 Å². The van der Waals surface area contributed by atoms with Gasteiger partial charge in [0.05, 0.1) is 0 Å². The lowest BCUT2D eigenvalue weighted by Crippen LogP contribution is -2.42. The Morgan fingerprint density at radius 1 is 1.00 bits per heavy atom. The molecular weight excluding hydrogens is 236 g/mol. The zero-order valence-electron chi connectivity index (χ0n) is 12.7. The van der Waals surface area contributed by atoms with Crippen LogP contribution in [0.15, 0.2) is 0 Å². The molecule has 1 saturated heterocycles. The van der Waals surface area contributed by atoms with Crippen LogP contribution in [0.4, 0.5) is 0 Å². The lowest BCUT2D eigenvalue weighted by molar-refractivity contribution is -0.132. The molecule has 0 bridgehead atoms. The van der Waals surface area contributed by atoms with Crippen molar-refractivity contribution < 1.29 is 4.79 Å². The van der Waals surface area contributed by atoms with Crippen LogP contribution in [0.2, 0.25) is 0 Å². The van der Waals surface area contributed by atoms with E-state index in [1.165, 1.54) is 44.9 Å². The number of nitrogens with zero attached hydrogens (tertiary/aromatic N) is 1. The molecule has 112 valence electrons. The van der Waals surface area contributed by atoms with Crippen molar-refractivity contribution in [3.05, 3.63) is 0 Å². The van der Waals surface area contributed by atoms with Crippen LogP contribution in [0.25, 0.3) is 0 Å². The zero-order valence-corrected chi connectivity index (χ0v) is 12.7. The lowest BCUT2D eigenvalue weighted by Gasteiger charge is -2.30. The van der Waals surface area contributed by atoms with E-state index in [0.717, 1.165) is 38.8 Å². The van der Waals surface area contributed by atoms with E-state index < -0.39 is 0 Å². The van der Waals surface area contributed by atoms with Crippen LogP contribution < -0.4 is 5.73 Å². The molecule has 0 aromatic carbocycles. The summed E-state index contributed by atoms with van der Waals surface area (Å²) in [7, 11) is 0. The third-order valence-corrected chi connectivity index (χ3v) is 4.14. The van der Waals surface area contributed by atoms with Gasteiger partial charge in [0.1, 0.15) is 0 Å². The molecule has 0 atom stereocenters. The van der Waals surface area contributed by atoms with Crippen LogP contribution >= 0.6 is 0 Å². The van der Waals surface area contributed by atoms with Gasteiger partial charge in [-0.05, 0) is 19.3 Å². The molecule has 0 saturated carbocycles. The van der Waals surface area contributed by atoms with E-state index in [1.807, 2.05) is 4.90 Å². The summed E-state index contributed by atoms with van der Waals surface area (Å²) in [6, 6.07) is 0.312. The van der Waals surface area contributed by atoms with Crippen LogP contribution in [-0.4, -0.2) is 29.9 Å². The minimum atomic E-state index is 0.312. The van der Waals surface area contributed by atoms with Crippen molar-refractivity contribution in [3.63, 3.8) is 0 Å². The van der Waals surface area contributed by atoms with Crippen molar-refractivity contribution in [2.24, 2.45) is 5.73 Å². The maximum atomic E-state index is 12.0. The van der Waals surface area contributed by atoms with Gasteiger partial charge in [0.2, 0.25) is 5.91 Å². The highest BCUT2D eigenvalue weighted by Gasteiger charge is 2.19. The maximum Gasteiger partial charge on any atom is 0.222 e. The Morgan fingerprint density at radius 2 is 1.53 bits per heavy atom. The fourth-order valence-corrected chi connectivity index (χ4v) is 2.72. The average molecular weight is 268 g/mol. The number of amides is 1. The van der Waals surface area contributed by atoms with Crippen LogP contribution in [0.1, 0.15) is 77.6 Å². The molecule has 0 aromatic rings. The third kappa shape index (κ3) is 7.56. The molecule has 19 heavy (non-hydrogen) atoms. The SMILES string of the molecule is CCCCCCCCCCC(=O)N1CCC(N)CC1. The topological polar surface area (TPSA) is 46.3 Å². The van der Waals surface area contributed by atoms with Gasteiger partial charge >= 0.3 is 0 Å². The molecule has 0 spiro atoms. The standard InChI is InChI=1S/C16H32N2O/c1-2-3-4-5-6-7-8-9-10-16(19)18-13-11-15(17)12-14-18/h15H,2-14,17H2,1H3. The molecule has 1 amide bonds. The predicted octanol–water partition coefficient (Wildman–Crippen LogP) is 3.47. The number of piperidine rings is 1. The predicted molar refractivity (Wildman–Crippen MR) is 81.0 cm³/mol. The molecule has 1 aliphatic heterocycles. The largest absolute Gasteiger partial charge is 0.343 e. The molecule has 0 aliphatic carbocycles. The second kappa shape index (κ2) is 10.2. The van der Waals surface area contributed by atoms with E-state index in [9.17, 15) is 4.79 Å². The number of carbonyl (C=O) groups is 1. The van der Waals surface area contributed by atoms with E-state index in [1.54, 1.807) is 0 Å². The van der Waals surface area contributed by atoms with Gasteiger partial charge in [0.15, 0.2) is 0 Å². The number of carbonyl (C=O) groups excluding carboxylic acids is 1. The number of likely N-dealkylation sites (tertiary alicyclic amines) is 1. The molecule has 2 N–H and O–H groups in total. The maximum absolute atomic E-state index is 12.0. The second-order valence-corrected chi connectivity index (χ2v) is 5.94. The summed E-state index contributed by atoms with van der Waals surface area (Å²) in [6.45, 7) is 3.99. The number of hydrogen-bond donors (Lipinski definition) is 1. The summed E-state index contributed by atoms with van der Waals surface area (Å²) < 4.78 is 0. The minimum Gasteiger partial charge on any atom is -0.343 e. The van der Waals surface area contributed by atoms with Crippen molar-refractivity contribution in [2.75, 3.05) is 13.1 Å². The van der Waals surface area contributed by atoms with Gasteiger partial charge in [-0.1, -0.05) is 51.9 Å². The summed E-state index contributed by atoms with van der Waals surface area (Å²) >= 11 is 0. The first-order valence-electron chi connectivity index (χ1n) is 8.27. The van der Waals surface area contributed by atoms with Crippen molar-refractivity contribution in [1.82, 2.24) is 4.90 Å². The minimum absolute atomic E-state index is 0.312. The summed E-state index contributed by atoms with van der Waals surface area (Å²) in [5.41, 5.74) is 5.85. The molecule has 0 radical (unpaired) electrons. The molecule has 1 heterocycles. The Bertz CT molecular complexity index is 235. The summed E-state index contributed by atoms with van der Waals surface area (Å²) in [4.78, 5) is 14.0. The molecule has 3 nitrogen and oxygen atoms in total. The summed E-state index contributed by atoms with van der Waals surface area (Å²) in [5, 5.41) is 0. The monoisotopic (exact) mass is 268 g/mol. The Balaban J connectivity index is 1.93. The van der Waals surface area contributed by atoms with Gasteiger partial charge in [-0.3, -0.25) is 4.79 Å². The Morgan fingerprint density at radius 3 is 2.11 bits per heavy atom. The van der Waals surface area contributed by atoms with Crippen LogP contribution in [0.5, 0.6) is 0 Å². The molecule has 0 unspecified atom stereocenters. The second-order valence-electron chi connectivity index (χ2n) is 5.94. The van der Waals surface area contributed by atoms with Gasteiger partial charge in [-0.2, -0.15) is 0 Å². The Labute approximate surface area is 118 Å². The number of hydrogen-bond acceptors (Lipinski definition) is 2. The highest BCUT2D eigenvalue weighted by molar-refractivity contribution is 5.76. The molecule has 0 aromatic heterocycles. The van der Waals surface area contributed by atoms with Crippen molar-refractivity contribution in [2.45, 2.75) is 83.6 Å². The van der Waals surface area contributed by atoms with E-state index in [2.05, 4.69) is 6.92 Å². The molecule has 3 heteroatoms. The molecule has 1 rings (SSSR count). The number of rotatable bonds is 9. The van der Waals surface area contributed by atoms with Crippen molar-refractivity contribution in [3.8, 4) is 0 Å². The first-order valence-corrected chi connectivity index (χ1v) is 8.27. The molecule has 1 aliphatic rings. The van der Waals surface area contributed by atoms with Crippen LogP contribution in [0, 0.1) is 0 Å². The summed E-state index contributed by atoms with van der Waals surface area (Å²) in [5.74, 6) is 0.345. The highest BCUT2D eigenvalue weighted by atomic mass is 16.2. The average Bonchev–Trinajstić information content (AvgIpc) is 2.42. The zero-order chi connectivity index (χ0) is 13.9. The Kier molecular flexibility index (Phi) is 8.89. The van der Waals surface area contributed by atoms with Crippen LogP contribution in [-0.2, 0) is 4.79 Å². The van der Waals surface area contributed by atoms with Gasteiger partial charge in [-0.25, -0.2) is 0 Å². The lowest BCUT2D eigenvalue weighted by atomic mass is 10.0. The third-order valence-electron chi connectivity index (χ3n) is 4.14. The van der Waals surface area contributed by atoms with Gasteiger partial charge in [0.25, 0.3) is 0 Å². The fourth-order valence-electron chi connectivity index (χ4n) is 2.72. The number of unbranched alkanes of at least 4 members (excludes halogenated alkanes) is 7. The van der Waals surface area contributed by atoms with Gasteiger partial charge < -0.3 is 10.6 Å².